The Morgan fingerprint density at radius 1 is 1.33 bits per heavy atom. The Kier molecular flexibility index (Phi) is 1.15. The molecule has 3 N–H and O–H groups in total. The number of hydrogen-bond acceptors (Lipinski definition) is 4. The first kappa shape index (κ1) is 6.78. The summed E-state index contributed by atoms with van der Waals surface area (Å²) in [7, 11) is 0. The summed E-state index contributed by atoms with van der Waals surface area (Å²) < 4.78 is 4.62. The largest absolute Gasteiger partial charge is 0.504 e. The van der Waals surface area contributed by atoms with Crippen molar-refractivity contribution in [2.24, 2.45) is 0 Å². The van der Waals surface area contributed by atoms with Gasteiger partial charge in [-0.05, 0) is 12.1 Å². The van der Waals surface area contributed by atoms with Crippen molar-refractivity contribution in [3.63, 3.8) is 0 Å². The second kappa shape index (κ2) is 2.04. The highest BCUT2D eigenvalue weighted by Gasteiger charge is 2.08. The van der Waals surface area contributed by atoms with Gasteiger partial charge in [-0.3, -0.25) is 4.98 Å². The number of hydrogen-bond donors (Lipinski definition) is 3. The highest BCUT2D eigenvalue weighted by atomic mass is 16.4. The van der Waals surface area contributed by atoms with Crippen molar-refractivity contribution >= 4 is 11.1 Å². The van der Waals surface area contributed by atoms with Gasteiger partial charge >= 0.3 is 5.76 Å². The fraction of sp³-hybridized carbons (Fsp3) is 0. The second-order valence-corrected chi connectivity index (χ2v) is 2.32. The first-order valence-electron chi connectivity index (χ1n) is 3.22. The van der Waals surface area contributed by atoms with Gasteiger partial charge in [-0.25, -0.2) is 4.79 Å². The molecule has 0 aliphatic rings. The molecule has 2 rings (SSSR count). The van der Waals surface area contributed by atoms with Crippen molar-refractivity contribution in [2.75, 3.05) is 0 Å². The van der Waals surface area contributed by atoms with Crippen molar-refractivity contribution < 1.29 is 14.6 Å². The molecule has 1 aromatic carbocycles. The average molecular weight is 167 g/mol. The van der Waals surface area contributed by atoms with Crippen LogP contribution in [0.25, 0.3) is 11.1 Å². The Bertz CT molecular complexity index is 482. The van der Waals surface area contributed by atoms with E-state index in [0.29, 0.717) is 0 Å². The van der Waals surface area contributed by atoms with Gasteiger partial charge in [-0.1, -0.05) is 0 Å². The molecule has 0 saturated carbocycles. The molecule has 0 radical (unpaired) electrons. The van der Waals surface area contributed by atoms with E-state index in [0.717, 1.165) is 0 Å². The summed E-state index contributed by atoms with van der Waals surface area (Å²) in [5.41, 5.74) is 0.329. The van der Waals surface area contributed by atoms with Gasteiger partial charge in [0.25, 0.3) is 0 Å². The third-order valence-electron chi connectivity index (χ3n) is 1.55. The molecule has 0 fully saturated rings. The highest BCUT2D eigenvalue weighted by molar-refractivity contribution is 5.81. The van der Waals surface area contributed by atoms with Gasteiger partial charge in [0.1, 0.15) is 5.52 Å². The van der Waals surface area contributed by atoms with E-state index < -0.39 is 5.76 Å². The van der Waals surface area contributed by atoms with E-state index in [4.69, 9.17) is 5.11 Å². The van der Waals surface area contributed by atoms with Crippen LogP contribution < -0.4 is 5.76 Å². The molecule has 0 aliphatic carbocycles. The summed E-state index contributed by atoms with van der Waals surface area (Å²) >= 11 is 0. The molecule has 62 valence electrons. The molecular weight excluding hydrogens is 162 g/mol. The van der Waals surface area contributed by atoms with Crippen LogP contribution in [0.4, 0.5) is 0 Å². The molecule has 12 heavy (non-hydrogen) atoms. The number of oxazole rings is 1. The number of phenolic OH excluding ortho intramolecular Hbond substituents is 2. The van der Waals surface area contributed by atoms with Crippen LogP contribution in [0.1, 0.15) is 0 Å². The number of aromatic nitrogens is 1. The number of aromatic hydroxyl groups is 2. The molecule has 0 spiro atoms. The Labute approximate surface area is 65.9 Å². The normalized spacial score (nSPS) is 10.7. The maximum atomic E-state index is 10.6. The van der Waals surface area contributed by atoms with E-state index in [1.54, 1.807) is 0 Å². The fourth-order valence-corrected chi connectivity index (χ4v) is 0.995. The second-order valence-electron chi connectivity index (χ2n) is 2.32. The van der Waals surface area contributed by atoms with Gasteiger partial charge in [0.2, 0.25) is 0 Å². The monoisotopic (exact) mass is 167 g/mol. The lowest BCUT2D eigenvalue weighted by molar-refractivity contribution is 0.407. The molecule has 0 bridgehead atoms. The maximum absolute atomic E-state index is 10.6. The summed E-state index contributed by atoms with van der Waals surface area (Å²) in [6.07, 6.45) is 0. The molecule has 0 amide bonds. The summed E-state index contributed by atoms with van der Waals surface area (Å²) in [5.74, 6) is -1.33. The predicted molar refractivity (Wildman–Crippen MR) is 40.2 cm³/mol. The van der Waals surface area contributed by atoms with Crippen molar-refractivity contribution in [1.82, 2.24) is 4.98 Å². The zero-order valence-corrected chi connectivity index (χ0v) is 5.87. The van der Waals surface area contributed by atoms with Crippen molar-refractivity contribution in [1.29, 1.82) is 0 Å². The first-order valence-corrected chi connectivity index (χ1v) is 3.22. The van der Waals surface area contributed by atoms with Gasteiger partial charge in [0.05, 0.1) is 0 Å². The van der Waals surface area contributed by atoms with Gasteiger partial charge in [0.15, 0.2) is 17.1 Å². The van der Waals surface area contributed by atoms with Crippen LogP contribution in [0.3, 0.4) is 0 Å². The third kappa shape index (κ3) is 0.763. The van der Waals surface area contributed by atoms with Crippen LogP contribution in [0.5, 0.6) is 11.5 Å². The Morgan fingerprint density at radius 2 is 2.08 bits per heavy atom. The molecule has 1 heterocycles. The van der Waals surface area contributed by atoms with Crippen LogP contribution in [0, 0.1) is 0 Å². The average Bonchev–Trinajstić information content (AvgIpc) is 2.39. The van der Waals surface area contributed by atoms with E-state index >= 15 is 0 Å². The quantitative estimate of drug-likeness (QED) is 0.499. The molecule has 0 unspecified atom stereocenters. The molecule has 0 atom stereocenters. The van der Waals surface area contributed by atoms with Crippen LogP contribution in [-0.4, -0.2) is 15.2 Å². The van der Waals surface area contributed by atoms with Crippen molar-refractivity contribution in [3.05, 3.63) is 22.7 Å². The fourth-order valence-electron chi connectivity index (χ4n) is 0.995. The van der Waals surface area contributed by atoms with E-state index in [1.165, 1.54) is 12.1 Å². The Morgan fingerprint density at radius 3 is 2.83 bits per heavy atom. The minimum absolute atomic E-state index is 0.111. The number of aromatic amines is 1. The highest BCUT2D eigenvalue weighted by Crippen LogP contribution is 2.30. The minimum atomic E-state index is -0.661. The zero-order chi connectivity index (χ0) is 8.72. The SMILES string of the molecule is O=c1[nH]c2c(O)c(O)ccc2o1. The molecule has 5 nitrogen and oxygen atoms in total. The molecular formula is C7H5NO4. The van der Waals surface area contributed by atoms with Crippen molar-refractivity contribution in [3.8, 4) is 11.5 Å². The first-order chi connectivity index (χ1) is 5.68. The van der Waals surface area contributed by atoms with E-state index in [9.17, 15) is 9.90 Å². The number of phenols is 2. The van der Waals surface area contributed by atoms with E-state index in [1.807, 2.05) is 0 Å². The Balaban J connectivity index is 2.99. The van der Waals surface area contributed by atoms with E-state index in [2.05, 4.69) is 9.40 Å². The van der Waals surface area contributed by atoms with Crippen LogP contribution in [0.2, 0.25) is 0 Å². The predicted octanol–water partition coefficient (Wildman–Crippen LogP) is 0.532. The molecule has 0 saturated heterocycles. The van der Waals surface area contributed by atoms with Gasteiger partial charge in [-0.15, -0.1) is 0 Å². The molecule has 5 heteroatoms. The lowest BCUT2D eigenvalue weighted by Gasteiger charge is -1.94. The summed E-state index contributed by atoms with van der Waals surface area (Å²) in [5, 5.41) is 18.2. The lowest BCUT2D eigenvalue weighted by Crippen LogP contribution is -1.92. The summed E-state index contributed by atoms with van der Waals surface area (Å²) in [4.78, 5) is 12.9. The van der Waals surface area contributed by atoms with Crippen LogP contribution >= 0.6 is 0 Å². The van der Waals surface area contributed by atoms with Gasteiger partial charge in [0, 0.05) is 0 Å². The third-order valence-corrected chi connectivity index (χ3v) is 1.55. The number of fused-ring (bicyclic) bond motifs is 1. The van der Waals surface area contributed by atoms with Crippen molar-refractivity contribution in [2.45, 2.75) is 0 Å². The van der Waals surface area contributed by atoms with E-state index in [-0.39, 0.29) is 22.6 Å². The molecule has 1 aromatic heterocycles. The van der Waals surface area contributed by atoms with Gasteiger partial charge < -0.3 is 14.6 Å². The van der Waals surface area contributed by atoms with Gasteiger partial charge in [-0.2, -0.15) is 0 Å². The standard InChI is InChI=1S/C7H5NO4/c9-3-1-2-4-5(6(3)10)8-7(11)12-4/h1-2,9-10H,(H,8,11). The molecule has 2 aromatic rings. The zero-order valence-electron chi connectivity index (χ0n) is 5.87. The Hall–Kier alpha value is -1.91. The smallest absolute Gasteiger partial charge is 0.417 e. The maximum Gasteiger partial charge on any atom is 0.417 e. The minimum Gasteiger partial charge on any atom is -0.504 e. The lowest BCUT2D eigenvalue weighted by atomic mass is 10.3. The van der Waals surface area contributed by atoms with Crippen LogP contribution in [0.15, 0.2) is 21.3 Å². The summed E-state index contributed by atoms with van der Waals surface area (Å²) in [6.45, 7) is 0. The van der Waals surface area contributed by atoms with Crippen LogP contribution in [-0.2, 0) is 0 Å². The number of benzene rings is 1. The summed E-state index contributed by atoms with van der Waals surface area (Å²) in [6, 6.07) is 2.64. The topological polar surface area (TPSA) is 86.5 Å². The molecule has 0 aliphatic heterocycles. The number of H-pyrrole nitrogens is 1. The number of rotatable bonds is 0. The number of nitrogens with one attached hydrogen (secondary N) is 1.